The number of halogens is 3. The SMILES string of the molecule is COc1ccc(C[NH+](CC(=O)Nc2ccccc2C(F)(F)F)C2CC2)cc1. The first-order chi connectivity index (χ1) is 12.9. The molecule has 2 N–H and O–H groups in total. The number of alkyl halides is 3. The molecule has 144 valence electrons. The molecule has 0 aromatic heterocycles. The molecule has 2 aromatic carbocycles. The van der Waals surface area contributed by atoms with Crippen LogP contribution in [-0.4, -0.2) is 25.6 Å². The molecule has 1 atom stereocenters. The van der Waals surface area contributed by atoms with Crippen molar-refractivity contribution in [2.75, 3.05) is 19.0 Å². The van der Waals surface area contributed by atoms with Crippen molar-refractivity contribution in [1.82, 2.24) is 0 Å². The molecule has 4 nitrogen and oxygen atoms in total. The molecule has 2 aromatic rings. The van der Waals surface area contributed by atoms with Crippen molar-refractivity contribution in [3.05, 3.63) is 59.7 Å². The van der Waals surface area contributed by atoms with E-state index in [9.17, 15) is 18.0 Å². The van der Waals surface area contributed by atoms with Crippen LogP contribution in [0.15, 0.2) is 48.5 Å². The van der Waals surface area contributed by atoms with E-state index < -0.39 is 17.6 Å². The molecular weight excluding hydrogens is 357 g/mol. The lowest BCUT2D eigenvalue weighted by molar-refractivity contribution is -0.916. The normalized spacial score (nSPS) is 15.3. The second kappa shape index (κ2) is 8.00. The van der Waals surface area contributed by atoms with Gasteiger partial charge in [-0.05, 0) is 36.4 Å². The summed E-state index contributed by atoms with van der Waals surface area (Å²) < 4.78 is 44.4. The second-order valence-electron chi connectivity index (χ2n) is 6.73. The van der Waals surface area contributed by atoms with E-state index in [2.05, 4.69) is 5.32 Å². The van der Waals surface area contributed by atoms with Crippen LogP contribution in [0.3, 0.4) is 0 Å². The number of para-hydroxylation sites is 1. The molecule has 1 aliphatic carbocycles. The highest BCUT2D eigenvalue weighted by Crippen LogP contribution is 2.34. The third-order valence-electron chi connectivity index (χ3n) is 4.64. The number of hydrogen-bond donors (Lipinski definition) is 2. The van der Waals surface area contributed by atoms with Crippen LogP contribution in [0, 0.1) is 0 Å². The lowest BCUT2D eigenvalue weighted by atomic mass is 10.1. The highest BCUT2D eigenvalue weighted by molar-refractivity contribution is 5.92. The number of amides is 1. The number of benzene rings is 2. The van der Waals surface area contributed by atoms with Gasteiger partial charge in [-0.1, -0.05) is 12.1 Å². The zero-order chi connectivity index (χ0) is 19.4. The van der Waals surface area contributed by atoms with Crippen LogP contribution in [0.25, 0.3) is 0 Å². The standard InChI is InChI=1S/C20H21F3N2O2/c1-27-16-10-6-14(7-11-16)12-25(15-8-9-15)13-19(26)24-18-5-3-2-4-17(18)20(21,22)23/h2-7,10-11,15H,8-9,12-13H2,1H3,(H,24,26)/p+1. The van der Waals surface area contributed by atoms with Crippen molar-refractivity contribution in [1.29, 1.82) is 0 Å². The Balaban J connectivity index is 1.66. The molecule has 1 amide bonds. The van der Waals surface area contributed by atoms with Gasteiger partial charge in [0.1, 0.15) is 12.3 Å². The van der Waals surface area contributed by atoms with E-state index in [0.717, 1.165) is 35.1 Å². The van der Waals surface area contributed by atoms with Crippen molar-refractivity contribution in [3.63, 3.8) is 0 Å². The van der Waals surface area contributed by atoms with E-state index in [4.69, 9.17) is 4.74 Å². The lowest BCUT2D eigenvalue weighted by Gasteiger charge is -2.20. The van der Waals surface area contributed by atoms with Gasteiger partial charge in [-0.15, -0.1) is 0 Å². The number of anilines is 1. The molecule has 1 aliphatic rings. The van der Waals surface area contributed by atoms with Crippen LogP contribution in [0.5, 0.6) is 5.75 Å². The predicted molar refractivity (Wildman–Crippen MR) is 95.6 cm³/mol. The molecular formula is C20H22F3N2O2+. The van der Waals surface area contributed by atoms with E-state index in [1.165, 1.54) is 18.2 Å². The molecule has 0 saturated heterocycles. The topological polar surface area (TPSA) is 42.8 Å². The molecule has 0 bridgehead atoms. The number of hydrogen-bond acceptors (Lipinski definition) is 2. The summed E-state index contributed by atoms with van der Waals surface area (Å²) in [6.45, 7) is 0.770. The van der Waals surface area contributed by atoms with Gasteiger partial charge in [0.25, 0.3) is 5.91 Å². The second-order valence-corrected chi connectivity index (χ2v) is 6.73. The van der Waals surface area contributed by atoms with Crippen LogP contribution in [-0.2, 0) is 17.5 Å². The molecule has 3 rings (SSSR count). The molecule has 0 heterocycles. The van der Waals surface area contributed by atoms with Crippen molar-refractivity contribution in [2.45, 2.75) is 31.6 Å². The van der Waals surface area contributed by atoms with E-state index in [1.807, 2.05) is 24.3 Å². The minimum atomic E-state index is -4.50. The molecule has 1 unspecified atom stereocenters. The monoisotopic (exact) mass is 379 g/mol. The van der Waals surface area contributed by atoms with Gasteiger partial charge >= 0.3 is 6.18 Å². The first-order valence-corrected chi connectivity index (χ1v) is 8.80. The zero-order valence-electron chi connectivity index (χ0n) is 15.0. The van der Waals surface area contributed by atoms with Gasteiger partial charge < -0.3 is 15.0 Å². The number of methoxy groups -OCH3 is 1. The first kappa shape index (κ1) is 19.2. The van der Waals surface area contributed by atoms with Gasteiger partial charge in [-0.2, -0.15) is 13.2 Å². The number of carbonyl (C=O) groups is 1. The molecule has 0 aliphatic heterocycles. The van der Waals surface area contributed by atoms with Gasteiger partial charge in [0.2, 0.25) is 0 Å². The van der Waals surface area contributed by atoms with Gasteiger partial charge in [-0.25, -0.2) is 0 Å². The smallest absolute Gasteiger partial charge is 0.418 e. The van der Waals surface area contributed by atoms with Crippen molar-refractivity contribution in [3.8, 4) is 5.75 Å². The minimum absolute atomic E-state index is 0.128. The van der Waals surface area contributed by atoms with Crippen LogP contribution < -0.4 is 15.0 Å². The maximum absolute atomic E-state index is 13.1. The fraction of sp³-hybridized carbons (Fsp3) is 0.350. The number of rotatable bonds is 7. The van der Waals surface area contributed by atoms with Crippen LogP contribution in [0.4, 0.5) is 18.9 Å². The average Bonchev–Trinajstić information content (AvgIpc) is 3.46. The molecule has 1 fully saturated rings. The first-order valence-electron chi connectivity index (χ1n) is 8.80. The third-order valence-corrected chi connectivity index (χ3v) is 4.64. The van der Waals surface area contributed by atoms with Crippen molar-refractivity contribution < 1.29 is 27.6 Å². The quantitative estimate of drug-likeness (QED) is 0.777. The maximum atomic E-state index is 13.1. The summed E-state index contributed by atoms with van der Waals surface area (Å²) in [6, 6.07) is 13.0. The Labute approximate surface area is 155 Å². The summed E-state index contributed by atoms with van der Waals surface area (Å²) in [4.78, 5) is 13.5. The number of nitrogens with one attached hydrogen (secondary N) is 2. The van der Waals surface area contributed by atoms with Crippen molar-refractivity contribution >= 4 is 11.6 Å². The lowest BCUT2D eigenvalue weighted by Crippen LogP contribution is -3.13. The van der Waals surface area contributed by atoms with E-state index >= 15 is 0 Å². The van der Waals surface area contributed by atoms with Crippen LogP contribution in [0.1, 0.15) is 24.0 Å². The number of ether oxygens (including phenoxy) is 1. The molecule has 7 heteroatoms. The number of carbonyl (C=O) groups excluding carboxylic acids is 1. The molecule has 0 spiro atoms. The van der Waals surface area contributed by atoms with Crippen molar-refractivity contribution in [2.24, 2.45) is 0 Å². The zero-order valence-corrected chi connectivity index (χ0v) is 15.0. The summed E-state index contributed by atoms with van der Waals surface area (Å²) in [5.41, 5.74) is 0.0252. The van der Waals surface area contributed by atoms with Gasteiger partial charge in [0, 0.05) is 18.4 Å². The molecule has 27 heavy (non-hydrogen) atoms. The predicted octanol–water partition coefficient (Wildman–Crippen LogP) is 2.90. The Kier molecular flexibility index (Phi) is 5.70. The summed E-state index contributed by atoms with van der Waals surface area (Å²) >= 11 is 0. The van der Waals surface area contributed by atoms with E-state index in [-0.39, 0.29) is 12.2 Å². The Morgan fingerprint density at radius 1 is 1.15 bits per heavy atom. The third kappa shape index (κ3) is 5.23. The highest BCUT2D eigenvalue weighted by atomic mass is 19.4. The average molecular weight is 379 g/mol. The molecule has 0 radical (unpaired) electrons. The Hall–Kier alpha value is -2.54. The highest BCUT2D eigenvalue weighted by Gasteiger charge is 2.36. The summed E-state index contributed by atoms with van der Waals surface area (Å²) in [7, 11) is 1.60. The van der Waals surface area contributed by atoms with E-state index in [0.29, 0.717) is 12.6 Å². The Bertz CT molecular complexity index is 787. The van der Waals surface area contributed by atoms with Crippen LogP contribution in [0.2, 0.25) is 0 Å². The van der Waals surface area contributed by atoms with E-state index in [1.54, 1.807) is 7.11 Å². The van der Waals surface area contributed by atoms with Gasteiger partial charge in [-0.3, -0.25) is 4.79 Å². The van der Waals surface area contributed by atoms with Gasteiger partial charge in [0.05, 0.1) is 24.4 Å². The maximum Gasteiger partial charge on any atom is 0.418 e. The summed E-state index contributed by atoms with van der Waals surface area (Å²) in [5, 5.41) is 2.43. The number of quaternary nitrogens is 1. The fourth-order valence-electron chi connectivity index (χ4n) is 3.09. The largest absolute Gasteiger partial charge is 0.497 e. The fourth-order valence-corrected chi connectivity index (χ4v) is 3.09. The summed E-state index contributed by atoms with van der Waals surface area (Å²) in [5.74, 6) is 0.343. The summed E-state index contributed by atoms with van der Waals surface area (Å²) in [6.07, 6.45) is -2.45. The molecule has 1 saturated carbocycles. The van der Waals surface area contributed by atoms with Gasteiger partial charge in [0.15, 0.2) is 6.54 Å². The minimum Gasteiger partial charge on any atom is -0.497 e. The van der Waals surface area contributed by atoms with Crippen LogP contribution >= 0.6 is 0 Å². The Morgan fingerprint density at radius 3 is 2.41 bits per heavy atom. The Morgan fingerprint density at radius 2 is 1.81 bits per heavy atom.